The Morgan fingerprint density at radius 3 is 2.89 bits per heavy atom. The van der Waals surface area contributed by atoms with E-state index in [0.717, 1.165) is 0 Å². The summed E-state index contributed by atoms with van der Waals surface area (Å²) in [7, 11) is 1.33. The lowest BCUT2D eigenvalue weighted by Crippen LogP contribution is -2.28. The van der Waals surface area contributed by atoms with Crippen LogP contribution in [0.2, 0.25) is 0 Å². The Kier molecular flexibility index (Phi) is 3.42. The number of nitro benzene ring substituents is 1. The molecule has 96 valence electrons. The highest BCUT2D eigenvalue weighted by molar-refractivity contribution is 5.95. The summed E-state index contributed by atoms with van der Waals surface area (Å²) >= 11 is 0. The summed E-state index contributed by atoms with van der Waals surface area (Å²) in [6, 6.07) is 4.06. The predicted octanol–water partition coefficient (Wildman–Crippen LogP) is 1.03. The normalized spacial score (nSPS) is 14.6. The molecule has 0 unspecified atom stereocenters. The number of rotatable bonds is 3. The van der Waals surface area contributed by atoms with E-state index >= 15 is 0 Å². The molecule has 1 aliphatic heterocycles. The molecule has 1 amide bonds. The van der Waals surface area contributed by atoms with Crippen molar-refractivity contribution in [1.82, 2.24) is 4.90 Å². The van der Waals surface area contributed by atoms with Gasteiger partial charge >= 0.3 is 5.69 Å². The Hall–Kier alpha value is -2.15. The summed E-state index contributed by atoms with van der Waals surface area (Å²) in [4.78, 5) is 23.7. The van der Waals surface area contributed by atoms with Crippen LogP contribution >= 0.6 is 0 Å². The molecule has 1 aromatic carbocycles. The number of carbonyl (C=O) groups is 1. The number of hydrogen-bond donors (Lipinski definition) is 0. The maximum Gasteiger partial charge on any atom is 0.310 e. The van der Waals surface area contributed by atoms with Crippen molar-refractivity contribution in [1.29, 1.82) is 0 Å². The minimum Gasteiger partial charge on any atom is -0.490 e. The molecule has 7 nitrogen and oxygen atoms in total. The first kappa shape index (κ1) is 12.3. The molecule has 7 heteroatoms. The molecule has 0 radical (unpaired) electrons. The zero-order chi connectivity index (χ0) is 13.1. The highest BCUT2D eigenvalue weighted by Gasteiger charge is 2.23. The summed E-state index contributed by atoms with van der Waals surface area (Å²) in [5.74, 6) is -0.147. The van der Waals surface area contributed by atoms with Crippen LogP contribution in [0.15, 0.2) is 18.2 Å². The van der Waals surface area contributed by atoms with Gasteiger partial charge in [-0.3, -0.25) is 14.9 Å². The Morgan fingerprint density at radius 1 is 1.56 bits per heavy atom. The van der Waals surface area contributed by atoms with Gasteiger partial charge in [-0.25, -0.2) is 0 Å². The average Bonchev–Trinajstić information content (AvgIpc) is 2.90. The first-order valence-corrected chi connectivity index (χ1v) is 5.33. The third kappa shape index (κ3) is 2.25. The summed E-state index contributed by atoms with van der Waals surface area (Å²) in [6.07, 6.45) is 0. The van der Waals surface area contributed by atoms with Crippen molar-refractivity contribution in [2.75, 3.05) is 27.0 Å². The predicted molar refractivity (Wildman–Crippen MR) is 61.5 cm³/mol. The fraction of sp³-hybridized carbons (Fsp3) is 0.364. The SMILES string of the molecule is COc1cc(C(=O)N2CCOC2)ccc1[N+](=O)[O-]. The van der Waals surface area contributed by atoms with Crippen LogP contribution in [0.1, 0.15) is 10.4 Å². The van der Waals surface area contributed by atoms with Crippen LogP contribution in [0.25, 0.3) is 0 Å². The van der Waals surface area contributed by atoms with E-state index in [4.69, 9.17) is 9.47 Å². The second-order valence-corrected chi connectivity index (χ2v) is 3.75. The summed E-state index contributed by atoms with van der Waals surface area (Å²) < 4.78 is 10.0. The topological polar surface area (TPSA) is 81.9 Å². The zero-order valence-corrected chi connectivity index (χ0v) is 9.79. The van der Waals surface area contributed by atoms with Gasteiger partial charge in [0.25, 0.3) is 5.91 Å². The molecule has 18 heavy (non-hydrogen) atoms. The molecule has 1 saturated heterocycles. The van der Waals surface area contributed by atoms with Crippen LogP contribution in [0.4, 0.5) is 5.69 Å². The number of ether oxygens (including phenoxy) is 2. The number of nitrogens with zero attached hydrogens (tertiary/aromatic N) is 2. The van der Waals surface area contributed by atoms with E-state index in [2.05, 4.69) is 0 Å². The molecule has 0 atom stereocenters. The third-order valence-corrected chi connectivity index (χ3v) is 2.66. The largest absolute Gasteiger partial charge is 0.490 e. The van der Waals surface area contributed by atoms with Crippen LogP contribution in [0.5, 0.6) is 5.75 Å². The van der Waals surface area contributed by atoms with Crippen molar-refractivity contribution in [3.8, 4) is 5.75 Å². The number of methoxy groups -OCH3 is 1. The van der Waals surface area contributed by atoms with Crippen molar-refractivity contribution < 1.29 is 19.2 Å². The van der Waals surface area contributed by atoms with Crippen LogP contribution in [0.3, 0.4) is 0 Å². The molecule has 0 bridgehead atoms. The number of benzene rings is 1. The van der Waals surface area contributed by atoms with E-state index in [-0.39, 0.29) is 24.1 Å². The van der Waals surface area contributed by atoms with E-state index in [1.807, 2.05) is 0 Å². The highest BCUT2D eigenvalue weighted by Crippen LogP contribution is 2.28. The first-order valence-electron chi connectivity index (χ1n) is 5.33. The Morgan fingerprint density at radius 2 is 2.33 bits per heavy atom. The number of amides is 1. The van der Waals surface area contributed by atoms with Crippen molar-refractivity contribution in [3.63, 3.8) is 0 Å². The number of carbonyl (C=O) groups excluding carboxylic acids is 1. The molecule has 0 N–H and O–H groups in total. The highest BCUT2D eigenvalue weighted by atomic mass is 16.6. The minimum atomic E-state index is -0.550. The second kappa shape index (κ2) is 5.01. The van der Waals surface area contributed by atoms with Gasteiger partial charge in [0.15, 0.2) is 5.75 Å². The first-order chi connectivity index (χ1) is 8.63. The summed E-state index contributed by atoms with van der Waals surface area (Å²) in [5, 5.41) is 10.7. The second-order valence-electron chi connectivity index (χ2n) is 3.75. The van der Waals surface area contributed by atoms with E-state index in [1.54, 1.807) is 0 Å². The Labute approximate surface area is 103 Å². The number of nitro groups is 1. The molecule has 2 rings (SSSR count). The van der Waals surface area contributed by atoms with Crippen LogP contribution < -0.4 is 4.74 Å². The van der Waals surface area contributed by atoms with Gasteiger partial charge in [-0.2, -0.15) is 0 Å². The molecule has 0 aromatic heterocycles. The molecule has 0 saturated carbocycles. The quantitative estimate of drug-likeness (QED) is 0.592. The monoisotopic (exact) mass is 252 g/mol. The Balaban J connectivity index is 2.29. The van der Waals surface area contributed by atoms with Gasteiger partial charge in [-0.15, -0.1) is 0 Å². The fourth-order valence-electron chi connectivity index (χ4n) is 1.72. The van der Waals surface area contributed by atoms with E-state index in [9.17, 15) is 14.9 Å². The summed E-state index contributed by atoms with van der Waals surface area (Å²) in [6.45, 7) is 1.28. The van der Waals surface area contributed by atoms with Gasteiger partial charge in [-0.1, -0.05) is 0 Å². The lowest BCUT2D eigenvalue weighted by molar-refractivity contribution is -0.385. The maximum absolute atomic E-state index is 12.0. The fourth-order valence-corrected chi connectivity index (χ4v) is 1.72. The molecule has 1 aromatic rings. The minimum absolute atomic E-state index is 0.0750. The lowest BCUT2D eigenvalue weighted by Gasteiger charge is -2.13. The maximum atomic E-state index is 12.0. The van der Waals surface area contributed by atoms with Gasteiger partial charge in [0.2, 0.25) is 0 Å². The van der Waals surface area contributed by atoms with Crippen molar-refractivity contribution in [2.24, 2.45) is 0 Å². The van der Waals surface area contributed by atoms with Crippen LogP contribution in [0, 0.1) is 10.1 Å². The molecule has 1 heterocycles. The number of hydrogen-bond acceptors (Lipinski definition) is 5. The molecule has 0 aliphatic carbocycles. The standard InChI is InChI=1S/C11H12N2O5/c1-17-10-6-8(2-3-9(10)13(15)16)11(14)12-4-5-18-7-12/h2-3,6H,4-5,7H2,1H3. The molecule has 1 fully saturated rings. The van der Waals surface area contributed by atoms with Gasteiger partial charge in [-0.05, 0) is 6.07 Å². The zero-order valence-electron chi connectivity index (χ0n) is 9.79. The molecular formula is C11H12N2O5. The third-order valence-electron chi connectivity index (χ3n) is 2.66. The van der Waals surface area contributed by atoms with Crippen molar-refractivity contribution in [2.45, 2.75) is 0 Å². The van der Waals surface area contributed by atoms with Gasteiger partial charge in [0.1, 0.15) is 6.73 Å². The van der Waals surface area contributed by atoms with Crippen molar-refractivity contribution >= 4 is 11.6 Å². The van der Waals surface area contributed by atoms with E-state index in [0.29, 0.717) is 18.7 Å². The molecule has 0 spiro atoms. The lowest BCUT2D eigenvalue weighted by atomic mass is 10.1. The van der Waals surface area contributed by atoms with Gasteiger partial charge < -0.3 is 14.4 Å². The smallest absolute Gasteiger partial charge is 0.310 e. The molecular weight excluding hydrogens is 240 g/mol. The van der Waals surface area contributed by atoms with Crippen LogP contribution in [-0.4, -0.2) is 42.7 Å². The Bertz CT molecular complexity index is 482. The van der Waals surface area contributed by atoms with Crippen LogP contribution in [-0.2, 0) is 4.74 Å². The van der Waals surface area contributed by atoms with Crippen molar-refractivity contribution in [3.05, 3.63) is 33.9 Å². The molecule has 1 aliphatic rings. The summed E-state index contributed by atoms with van der Waals surface area (Å²) in [5.41, 5.74) is 0.190. The van der Waals surface area contributed by atoms with E-state index in [1.165, 1.54) is 30.2 Å². The van der Waals surface area contributed by atoms with Gasteiger partial charge in [0, 0.05) is 24.2 Å². The van der Waals surface area contributed by atoms with Gasteiger partial charge in [0.05, 0.1) is 18.6 Å². The van der Waals surface area contributed by atoms with E-state index < -0.39 is 4.92 Å². The average molecular weight is 252 g/mol.